The Morgan fingerprint density at radius 3 is 2.84 bits per heavy atom. The number of aliphatic hydroxyl groups excluding tert-OH is 1. The van der Waals surface area contributed by atoms with E-state index in [4.69, 9.17) is 0 Å². The van der Waals surface area contributed by atoms with Gasteiger partial charge in [0.05, 0.1) is 5.69 Å². The lowest BCUT2D eigenvalue weighted by molar-refractivity contribution is -0.123. The van der Waals surface area contributed by atoms with Crippen molar-refractivity contribution in [1.82, 2.24) is 0 Å². The van der Waals surface area contributed by atoms with Gasteiger partial charge in [0.2, 0.25) is 0 Å². The van der Waals surface area contributed by atoms with Crippen LogP contribution in [0.25, 0.3) is 0 Å². The maximum Gasteiger partial charge on any atom is 0.257 e. The molecule has 0 radical (unpaired) electrons. The van der Waals surface area contributed by atoms with Gasteiger partial charge in [0.1, 0.15) is 5.82 Å². The molecule has 0 spiro atoms. The van der Waals surface area contributed by atoms with Gasteiger partial charge in [-0.2, -0.15) is 0 Å². The molecular weight excluding hydrogens is 247 g/mol. The number of amides is 1. The van der Waals surface area contributed by atoms with Crippen LogP contribution in [0, 0.1) is 11.2 Å². The number of anilines is 2. The Bertz CT molecular complexity index is 557. The quantitative estimate of drug-likeness (QED) is 0.816. The number of fused-ring (bicyclic) bond motifs is 1. The Morgan fingerprint density at radius 2 is 2.21 bits per heavy atom. The number of carbonyl (C=O) groups is 1. The van der Waals surface area contributed by atoms with Gasteiger partial charge in [0.15, 0.2) is 6.10 Å². The largest absolute Gasteiger partial charge is 0.378 e. The number of rotatable bonds is 1. The van der Waals surface area contributed by atoms with E-state index in [2.05, 4.69) is 19.2 Å². The molecule has 2 heterocycles. The molecule has 1 unspecified atom stereocenters. The highest BCUT2D eigenvalue weighted by atomic mass is 19.1. The number of benzene rings is 1. The Labute approximate surface area is 111 Å². The van der Waals surface area contributed by atoms with Crippen molar-refractivity contribution >= 4 is 17.3 Å². The summed E-state index contributed by atoms with van der Waals surface area (Å²) in [6.07, 6.45) is -0.244. The first kappa shape index (κ1) is 12.4. The van der Waals surface area contributed by atoms with Crippen LogP contribution in [-0.4, -0.2) is 24.1 Å². The molecule has 1 aromatic carbocycles. The van der Waals surface area contributed by atoms with Crippen LogP contribution >= 0.6 is 0 Å². The Morgan fingerprint density at radius 1 is 1.47 bits per heavy atom. The highest BCUT2D eigenvalue weighted by Crippen LogP contribution is 2.39. The van der Waals surface area contributed by atoms with Gasteiger partial charge >= 0.3 is 0 Å². The van der Waals surface area contributed by atoms with Crippen molar-refractivity contribution in [2.45, 2.75) is 26.4 Å². The number of halogens is 1. The summed E-state index contributed by atoms with van der Waals surface area (Å²) in [7, 11) is 0. The first-order chi connectivity index (χ1) is 8.87. The maximum absolute atomic E-state index is 14.2. The highest BCUT2D eigenvalue weighted by molar-refractivity contribution is 6.02. The summed E-state index contributed by atoms with van der Waals surface area (Å²) < 4.78 is 14.2. The normalized spacial score (nSPS) is 24.5. The zero-order valence-electron chi connectivity index (χ0n) is 11.0. The maximum atomic E-state index is 14.2. The van der Waals surface area contributed by atoms with E-state index in [0.717, 1.165) is 19.5 Å². The van der Waals surface area contributed by atoms with Gasteiger partial charge < -0.3 is 15.3 Å². The van der Waals surface area contributed by atoms with Gasteiger partial charge in [-0.1, -0.05) is 13.8 Å². The van der Waals surface area contributed by atoms with Crippen molar-refractivity contribution in [2.24, 2.45) is 5.41 Å². The standard InChI is InChI=1S/C14H17FN2O2/c1-14(2)3-4-17(7-14)11-6-10-8(5-9(11)15)12(18)13(19)16-10/h5-6,12,18H,3-4,7H2,1-2H3,(H,16,19). The molecule has 2 aliphatic rings. The monoisotopic (exact) mass is 264 g/mol. The number of carbonyl (C=O) groups excluding carboxylic acids is 1. The summed E-state index contributed by atoms with van der Waals surface area (Å²) in [6.45, 7) is 5.91. The molecule has 0 bridgehead atoms. The number of aliphatic hydroxyl groups is 1. The first-order valence-corrected chi connectivity index (χ1v) is 6.45. The second-order valence-electron chi connectivity index (χ2n) is 6.12. The van der Waals surface area contributed by atoms with Crippen LogP contribution in [0.5, 0.6) is 0 Å². The van der Waals surface area contributed by atoms with Crippen molar-refractivity contribution < 1.29 is 14.3 Å². The molecule has 1 saturated heterocycles. The molecule has 5 heteroatoms. The number of hydrogen-bond acceptors (Lipinski definition) is 3. The van der Waals surface area contributed by atoms with Crippen LogP contribution in [-0.2, 0) is 4.79 Å². The summed E-state index contributed by atoms with van der Waals surface area (Å²) >= 11 is 0. The van der Waals surface area contributed by atoms with Crippen molar-refractivity contribution in [1.29, 1.82) is 0 Å². The van der Waals surface area contributed by atoms with E-state index in [1.165, 1.54) is 6.07 Å². The molecule has 2 N–H and O–H groups in total. The fraction of sp³-hybridized carbons (Fsp3) is 0.500. The van der Waals surface area contributed by atoms with Gasteiger partial charge in [-0.15, -0.1) is 0 Å². The molecule has 0 aliphatic carbocycles. The van der Waals surface area contributed by atoms with E-state index in [1.54, 1.807) is 6.07 Å². The minimum atomic E-state index is -1.26. The predicted octanol–water partition coefficient (Wildman–Crippen LogP) is 2.05. The molecule has 0 aromatic heterocycles. The molecule has 0 saturated carbocycles. The van der Waals surface area contributed by atoms with Crippen LogP contribution < -0.4 is 10.2 Å². The smallest absolute Gasteiger partial charge is 0.257 e. The third kappa shape index (κ3) is 1.98. The first-order valence-electron chi connectivity index (χ1n) is 6.45. The molecule has 4 nitrogen and oxygen atoms in total. The van der Waals surface area contributed by atoms with Crippen LogP contribution in [0.4, 0.5) is 15.8 Å². The van der Waals surface area contributed by atoms with E-state index in [0.29, 0.717) is 16.9 Å². The van der Waals surface area contributed by atoms with E-state index in [-0.39, 0.29) is 11.2 Å². The van der Waals surface area contributed by atoms with Crippen molar-refractivity contribution in [3.05, 3.63) is 23.5 Å². The van der Waals surface area contributed by atoms with Crippen molar-refractivity contribution in [3.8, 4) is 0 Å². The molecule has 1 amide bonds. The van der Waals surface area contributed by atoms with Crippen LogP contribution in [0.15, 0.2) is 12.1 Å². The van der Waals surface area contributed by atoms with Gasteiger partial charge in [0.25, 0.3) is 5.91 Å². The third-order valence-electron chi connectivity index (χ3n) is 3.94. The summed E-state index contributed by atoms with van der Waals surface area (Å²) in [5.74, 6) is -0.875. The minimum absolute atomic E-state index is 0.175. The number of nitrogens with zero attached hydrogens (tertiary/aromatic N) is 1. The summed E-state index contributed by atoms with van der Waals surface area (Å²) in [4.78, 5) is 13.4. The lowest BCUT2D eigenvalue weighted by Gasteiger charge is -2.22. The van der Waals surface area contributed by atoms with Gasteiger partial charge in [-0.3, -0.25) is 4.79 Å². The molecule has 2 aliphatic heterocycles. The Hall–Kier alpha value is -1.62. The molecule has 19 heavy (non-hydrogen) atoms. The van der Waals surface area contributed by atoms with Crippen molar-refractivity contribution in [2.75, 3.05) is 23.3 Å². The summed E-state index contributed by atoms with van der Waals surface area (Å²) in [5, 5.41) is 12.2. The SMILES string of the molecule is CC1(C)CCN(c2cc3c(cc2F)C(O)C(=O)N3)C1. The van der Waals surface area contributed by atoms with Gasteiger partial charge in [-0.05, 0) is 24.0 Å². The molecular formula is C14H17FN2O2. The zero-order chi connectivity index (χ0) is 13.8. The molecule has 1 fully saturated rings. The van der Waals surface area contributed by atoms with Gasteiger partial charge in [0, 0.05) is 24.3 Å². The second-order valence-corrected chi connectivity index (χ2v) is 6.12. The van der Waals surface area contributed by atoms with Crippen LogP contribution in [0.1, 0.15) is 31.9 Å². The number of hydrogen-bond donors (Lipinski definition) is 2. The minimum Gasteiger partial charge on any atom is -0.378 e. The van der Waals surface area contributed by atoms with Gasteiger partial charge in [-0.25, -0.2) is 4.39 Å². The van der Waals surface area contributed by atoms with Crippen molar-refractivity contribution in [3.63, 3.8) is 0 Å². The Kier molecular flexibility index (Phi) is 2.57. The Balaban J connectivity index is 1.97. The van der Waals surface area contributed by atoms with E-state index >= 15 is 0 Å². The summed E-state index contributed by atoms with van der Waals surface area (Å²) in [6, 6.07) is 2.89. The average molecular weight is 264 g/mol. The van der Waals surface area contributed by atoms with Crippen LogP contribution in [0.2, 0.25) is 0 Å². The second kappa shape index (κ2) is 3.93. The van der Waals surface area contributed by atoms with E-state index < -0.39 is 12.0 Å². The highest BCUT2D eigenvalue weighted by Gasteiger charge is 2.34. The fourth-order valence-electron chi connectivity index (χ4n) is 2.81. The van der Waals surface area contributed by atoms with E-state index in [1.807, 2.05) is 4.90 Å². The average Bonchev–Trinajstić information content (AvgIpc) is 2.81. The summed E-state index contributed by atoms with van der Waals surface area (Å²) in [5.41, 5.74) is 1.51. The fourth-order valence-corrected chi connectivity index (χ4v) is 2.81. The lowest BCUT2D eigenvalue weighted by Crippen LogP contribution is -2.23. The third-order valence-corrected chi connectivity index (χ3v) is 3.94. The zero-order valence-corrected chi connectivity index (χ0v) is 11.0. The topological polar surface area (TPSA) is 52.6 Å². The predicted molar refractivity (Wildman–Crippen MR) is 70.6 cm³/mol. The molecule has 1 aromatic rings. The van der Waals surface area contributed by atoms with Crippen LogP contribution in [0.3, 0.4) is 0 Å². The van der Waals surface area contributed by atoms with E-state index in [9.17, 15) is 14.3 Å². The lowest BCUT2D eigenvalue weighted by atomic mass is 9.93. The molecule has 102 valence electrons. The molecule has 3 rings (SSSR count). The number of nitrogens with one attached hydrogen (secondary N) is 1. The molecule has 1 atom stereocenters.